The number of nitrogens with one attached hydrogen (secondary N) is 1. The van der Waals surface area contributed by atoms with E-state index in [0.717, 1.165) is 95.9 Å². The minimum atomic E-state index is -4.68. The van der Waals surface area contributed by atoms with Crippen LogP contribution in [-0.2, 0) is 23.0 Å². The van der Waals surface area contributed by atoms with E-state index in [1.807, 2.05) is 12.1 Å². The molecule has 63 heavy (non-hydrogen) atoms. The molecule has 1 spiro atoms. The summed E-state index contributed by atoms with van der Waals surface area (Å²) in [6.45, 7) is 10.6. The summed E-state index contributed by atoms with van der Waals surface area (Å²) in [6.07, 6.45) is 7.51. The molecule has 3 saturated carbocycles. The van der Waals surface area contributed by atoms with Crippen molar-refractivity contribution in [1.82, 2.24) is 19.8 Å². The van der Waals surface area contributed by atoms with E-state index in [4.69, 9.17) is 4.98 Å². The lowest BCUT2D eigenvalue weighted by Gasteiger charge is -2.60. The molecular formula is C49H54F3N5O5S. The van der Waals surface area contributed by atoms with Crippen molar-refractivity contribution >= 4 is 50.7 Å². The summed E-state index contributed by atoms with van der Waals surface area (Å²) in [6, 6.07) is 11.5. The molecule has 3 aliphatic carbocycles. The standard InChI is InChI=1S/C49H54F3N5O5S/c1-28-14-19-38(39(58)20-28)57-45(60)33-11-6-10-31(42(33)46(57)61)9-5-4-8-30-23-48(24-30)26-56(27-48)25-29-15-17-32(18-16-29)44-55-37-21-34(47(2,3)62)36(22-40(37)63-44)54-43(59)35-12-7-13-41(53-35)49(50,51)52/h6-7,10-13,21-22,29-30,32,38,62H,1,4-5,8-9,14-20,23-27H2,2-3H3,(H,54,59). The monoisotopic (exact) mass is 881 g/mol. The Morgan fingerprint density at radius 1 is 0.952 bits per heavy atom. The summed E-state index contributed by atoms with van der Waals surface area (Å²) in [5.41, 5.74) is 1.72. The highest BCUT2D eigenvalue weighted by atomic mass is 32.1. The van der Waals surface area contributed by atoms with Crippen LogP contribution in [0.25, 0.3) is 10.2 Å². The Kier molecular flexibility index (Phi) is 11.5. The van der Waals surface area contributed by atoms with Crippen molar-refractivity contribution < 1.29 is 37.5 Å². The number of alkyl halides is 3. The molecule has 1 saturated heterocycles. The molecule has 2 aromatic carbocycles. The van der Waals surface area contributed by atoms with Crippen molar-refractivity contribution in [1.29, 1.82) is 0 Å². The van der Waals surface area contributed by atoms with Gasteiger partial charge in [0.05, 0.1) is 38.0 Å². The van der Waals surface area contributed by atoms with E-state index < -0.39 is 29.4 Å². The lowest BCUT2D eigenvalue weighted by molar-refractivity contribution is -0.141. The zero-order valence-corrected chi connectivity index (χ0v) is 36.7. The Bertz CT molecular complexity index is 2490. The number of hydrogen-bond donors (Lipinski definition) is 2. The fraction of sp³-hybridized carbons (Fsp3) is 0.510. The van der Waals surface area contributed by atoms with E-state index >= 15 is 0 Å². The number of fused-ring (bicyclic) bond motifs is 2. The predicted octanol–water partition coefficient (Wildman–Crippen LogP) is 9.86. The summed E-state index contributed by atoms with van der Waals surface area (Å²) in [5, 5.41) is 14.7. The lowest BCUT2D eigenvalue weighted by atomic mass is 9.56. The third-order valence-electron chi connectivity index (χ3n) is 14.2. The van der Waals surface area contributed by atoms with E-state index in [9.17, 15) is 37.5 Å². The van der Waals surface area contributed by atoms with E-state index in [1.54, 1.807) is 43.4 Å². The topological polar surface area (TPSA) is 133 Å². The number of aryl methyl sites for hydroxylation is 1. The Hall–Kier alpha value is -4.79. The average molecular weight is 882 g/mol. The summed E-state index contributed by atoms with van der Waals surface area (Å²) in [5.74, 6) is 0.142. The molecule has 5 aliphatic rings. The fourth-order valence-electron chi connectivity index (χ4n) is 11.1. The number of benzene rings is 2. The highest BCUT2D eigenvalue weighted by Gasteiger charge is 2.52. The second kappa shape index (κ2) is 16.6. The molecule has 4 aromatic rings. The first-order valence-electron chi connectivity index (χ1n) is 22.4. The first-order valence-corrected chi connectivity index (χ1v) is 23.2. The predicted molar refractivity (Wildman–Crippen MR) is 235 cm³/mol. The maximum atomic E-state index is 13.5. The van der Waals surface area contributed by atoms with Gasteiger partial charge in [-0.05, 0) is 131 Å². The Labute approximate surface area is 369 Å². The molecule has 0 radical (unpaired) electrons. The van der Waals surface area contributed by atoms with Crippen molar-refractivity contribution in [3.05, 3.63) is 99.3 Å². The number of ketones is 1. The number of unbranched alkanes of at least 4 members (excludes halogenated alkanes) is 1. The first kappa shape index (κ1) is 43.5. The number of aliphatic hydroxyl groups is 1. The molecule has 2 aliphatic heterocycles. The molecular weight excluding hydrogens is 828 g/mol. The number of pyridine rings is 1. The lowest BCUT2D eigenvalue weighted by Crippen LogP contribution is -2.62. The quantitative estimate of drug-likeness (QED) is 0.0817. The number of carbonyl (C=O) groups is 4. The van der Waals surface area contributed by atoms with Crippen molar-refractivity contribution in [3.63, 3.8) is 0 Å². The van der Waals surface area contributed by atoms with E-state index in [-0.39, 0.29) is 29.7 Å². The number of imide groups is 1. The van der Waals surface area contributed by atoms with Gasteiger partial charge in [0.15, 0.2) is 5.78 Å². The van der Waals surface area contributed by atoms with Crippen LogP contribution in [0.15, 0.2) is 60.7 Å². The number of hydrogen-bond acceptors (Lipinski definition) is 9. The number of likely N-dealkylation sites (tertiary alicyclic amines) is 1. The molecule has 3 amide bonds. The third-order valence-corrected chi connectivity index (χ3v) is 15.4. The molecule has 0 bridgehead atoms. The van der Waals surface area contributed by atoms with Gasteiger partial charge in [-0.2, -0.15) is 13.2 Å². The van der Waals surface area contributed by atoms with Gasteiger partial charge in [-0.3, -0.25) is 24.1 Å². The number of aromatic nitrogens is 2. The Balaban J connectivity index is 0.717. The van der Waals surface area contributed by atoms with Crippen LogP contribution in [0.4, 0.5) is 18.9 Å². The van der Waals surface area contributed by atoms with Gasteiger partial charge in [0.25, 0.3) is 17.7 Å². The van der Waals surface area contributed by atoms with Crippen LogP contribution in [-0.4, -0.2) is 74.1 Å². The van der Waals surface area contributed by atoms with Crippen molar-refractivity contribution in [3.8, 4) is 0 Å². The van der Waals surface area contributed by atoms with Crippen LogP contribution in [0.2, 0.25) is 0 Å². The minimum Gasteiger partial charge on any atom is -0.386 e. The maximum Gasteiger partial charge on any atom is 0.433 e. The van der Waals surface area contributed by atoms with E-state index in [0.29, 0.717) is 52.5 Å². The Morgan fingerprint density at radius 2 is 1.70 bits per heavy atom. The highest BCUT2D eigenvalue weighted by Crippen LogP contribution is 2.54. The summed E-state index contributed by atoms with van der Waals surface area (Å²) in [4.78, 5) is 65.0. The normalized spacial score (nSPS) is 23.0. The van der Waals surface area contributed by atoms with Crippen molar-refractivity contribution in [2.45, 2.75) is 121 Å². The van der Waals surface area contributed by atoms with Crippen LogP contribution in [0, 0.1) is 17.3 Å². The van der Waals surface area contributed by atoms with Crippen LogP contribution < -0.4 is 5.32 Å². The van der Waals surface area contributed by atoms with Gasteiger partial charge >= 0.3 is 6.18 Å². The maximum absolute atomic E-state index is 13.5. The number of amides is 3. The number of anilines is 1. The number of carbonyl (C=O) groups excluding carboxylic acids is 4. The van der Waals surface area contributed by atoms with Crippen molar-refractivity contribution in [2.75, 3.05) is 25.0 Å². The minimum absolute atomic E-state index is 0.0999. The van der Waals surface area contributed by atoms with Crippen molar-refractivity contribution in [2.24, 2.45) is 17.3 Å². The number of halogens is 3. The van der Waals surface area contributed by atoms with Crippen LogP contribution in [0.3, 0.4) is 0 Å². The van der Waals surface area contributed by atoms with Gasteiger partial charge in [-0.1, -0.05) is 43.2 Å². The molecule has 10 nitrogen and oxygen atoms in total. The zero-order valence-electron chi connectivity index (χ0n) is 35.9. The van der Waals surface area contributed by atoms with Crippen LogP contribution >= 0.6 is 11.3 Å². The number of thiazole rings is 1. The molecule has 4 fully saturated rings. The zero-order chi connectivity index (χ0) is 44.4. The number of rotatable bonds is 12. The number of allylic oxidation sites excluding steroid dienone is 1. The molecule has 2 aromatic heterocycles. The van der Waals surface area contributed by atoms with Gasteiger partial charge in [-0.15, -0.1) is 11.3 Å². The van der Waals surface area contributed by atoms with Crippen LogP contribution in [0.5, 0.6) is 0 Å². The second-order valence-electron chi connectivity index (χ2n) is 19.5. The molecule has 2 N–H and O–H groups in total. The fourth-order valence-corrected chi connectivity index (χ4v) is 12.3. The highest BCUT2D eigenvalue weighted by molar-refractivity contribution is 7.18. The summed E-state index contributed by atoms with van der Waals surface area (Å²) < 4.78 is 40.6. The molecule has 1 atom stereocenters. The molecule has 14 heteroatoms. The number of Topliss-reactive ketones (excluding diaryl/α,β-unsaturated/α-hetero) is 1. The number of nitrogens with zero attached hydrogens (tertiary/aromatic N) is 4. The van der Waals surface area contributed by atoms with Gasteiger partial charge in [0, 0.05) is 43.2 Å². The SMILES string of the molecule is C=C1CCC(N2C(=O)c3cccc(CCCCC4CC5(C4)CN(CC4CCC(c6nc7cc(C(C)(C)O)c(NC(=O)c8cccc(C(F)(F)F)n8)cc7s6)CC4)C5)c3C2=O)C(=O)C1. The Morgan fingerprint density at radius 3 is 2.41 bits per heavy atom. The first-order chi connectivity index (χ1) is 29.9. The van der Waals surface area contributed by atoms with Crippen LogP contribution in [0.1, 0.15) is 150 Å². The van der Waals surface area contributed by atoms with Gasteiger partial charge in [0.1, 0.15) is 11.4 Å². The summed E-state index contributed by atoms with van der Waals surface area (Å²) in [7, 11) is 0. The van der Waals surface area contributed by atoms with Gasteiger partial charge in [0.2, 0.25) is 0 Å². The van der Waals surface area contributed by atoms with Gasteiger partial charge in [-0.25, -0.2) is 9.97 Å². The largest absolute Gasteiger partial charge is 0.433 e. The van der Waals surface area contributed by atoms with Gasteiger partial charge < -0.3 is 15.3 Å². The van der Waals surface area contributed by atoms with E-state index in [2.05, 4.69) is 21.8 Å². The smallest absolute Gasteiger partial charge is 0.386 e. The average Bonchev–Trinajstić information content (AvgIpc) is 3.74. The molecule has 1 unspecified atom stereocenters. The summed E-state index contributed by atoms with van der Waals surface area (Å²) >= 11 is 1.56. The third kappa shape index (κ3) is 8.75. The molecule has 332 valence electrons. The molecule has 9 rings (SSSR count). The van der Waals surface area contributed by atoms with E-state index in [1.165, 1.54) is 43.3 Å². The molecule has 4 heterocycles. The second-order valence-corrected chi connectivity index (χ2v) is 20.6.